The molecule has 0 heterocycles. The van der Waals surface area contributed by atoms with Crippen molar-refractivity contribution in [2.45, 2.75) is 0 Å². The van der Waals surface area contributed by atoms with Crippen LogP contribution in [0, 0.1) is 5.21 Å². The highest BCUT2D eigenvalue weighted by Crippen LogP contribution is 2.41. The monoisotopic (exact) mass is 199 g/mol. The molecule has 14 heavy (non-hydrogen) atoms. The lowest BCUT2D eigenvalue weighted by molar-refractivity contribution is 0.337. The smallest absolute Gasteiger partial charge is 0.195 e. The number of hydrazine groups is 1. The highest BCUT2D eigenvalue weighted by Gasteiger charge is 2.14. The van der Waals surface area contributed by atoms with Gasteiger partial charge in [-0.15, -0.1) is 0 Å². The van der Waals surface area contributed by atoms with E-state index in [-0.39, 0.29) is 33.7 Å². The standard InChI is InChI=1S/C6H11N6O2/c7-2-1-3(8)6(14-11)5(4(2)9)12(10)13/h1H,7-11H2/q-1. The second-order valence-electron chi connectivity index (χ2n) is 2.59. The summed E-state index contributed by atoms with van der Waals surface area (Å²) in [7, 11) is 0. The Morgan fingerprint density at radius 3 is 2.21 bits per heavy atom. The van der Waals surface area contributed by atoms with Crippen molar-refractivity contribution in [2.75, 3.05) is 22.4 Å². The molecule has 0 spiro atoms. The number of anilines is 4. The second-order valence-corrected chi connectivity index (χ2v) is 2.59. The van der Waals surface area contributed by atoms with Crippen LogP contribution in [0.2, 0.25) is 0 Å². The Balaban J connectivity index is 3.48. The predicted octanol–water partition coefficient (Wildman–Crippen LogP) is -1.14. The molecule has 0 amide bonds. The van der Waals surface area contributed by atoms with Gasteiger partial charge < -0.3 is 32.4 Å². The molecular formula is C6H11N6O2-. The van der Waals surface area contributed by atoms with E-state index in [1.165, 1.54) is 6.07 Å². The van der Waals surface area contributed by atoms with E-state index in [1.807, 2.05) is 0 Å². The summed E-state index contributed by atoms with van der Waals surface area (Å²) in [6, 6.07) is 1.32. The minimum atomic E-state index is -0.190. The molecule has 0 unspecified atom stereocenters. The molecule has 0 aromatic heterocycles. The number of hydrogen-bond acceptors (Lipinski definition) is 8. The van der Waals surface area contributed by atoms with Crippen LogP contribution in [0.1, 0.15) is 0 Å². The van der Waals surface area contributed by atoms with Gasteiger partial charge in [-0.2, -0.15) is 5.90 Å². The van der Waals surface area contributed by atoms with Gasteiger partial charge in [0.1, 0.15) is 5.69 Å². The van der Waals surface area contributed by atoms with Crippen molar-refractivity contribution >= 4 is 22.7 Å². The minimum absolute atomic E-state index is 0.00968. The summed E-state index contributed by atoms with van der Waals surface area (Å²) in [5.41, 5.74) is 16.4. The van der Waals surface area contributed by atoms with Crippen LogP contribution in [0.4, 0.5) is 22.7 Å². The summed E-state index contributed by atoms with van der Waals surface area (Å²) in [5, 5.41) is 10.9. The molecule has 0 atom stereocenters. The van der Waals surface area contributed by atoms with Crippen LogP contribution in [0.25, 0.3) is 0 Å². The van der Waals surface area contributed by atoms with E-state index in [0.29, 0.717) is 0 Å². The van der Waals surface area contributed by atoms with Crippen molar-refractivity contribution < 1.29 is 4.84 Å². The molecule has 0 aliphatic rings. The molecule has 0 fully saturated rings. The Hall–Kier alpha value is -1.90. The zero-order valence-corrected chi connectivity index (χ0v) is 7.23. The fourth-order valence-corrected chi connectivity index (χ4v) is 1.05. The van der Waals surface area contributed by atoms with E-state index in [9.17, 15) is 5.21 Å². The van der Waals surface area contributed by atoms with Crippen molar-refractivity contribution in [3.8, 4) is 5.75 Å². The Bertz CT molecular complexity index is 353. The lowest BCUT2D eigenvalue weighted by Crippen LogP contribution is -2.26. The average Bonchev–Trinajstić information content (AvgIpc) is 2.10. The van der Waals surface area contributed by atoms with Crippen molar-refractivity contribution in [3.63, 3.8) is 0 Å². The predicted molar refractivity (Wildman–Crippen MR) is 54.5 cm³/mol. The molecule has 8 heteroatoms. The third kappa shape index (κ3) is 1.44. The number of nitrogen functional groups attached to an aromatic ring is 3. The van der Waals surface area contributed by atoms with Crippen LogP contribution in [0.3, 0.4) is 0 Å². The molecule has 0 saturated heterocycles. The molecule has 78 valence electrons. The van der Waals surface area contributed by atoms with E-state index >= 15 is 0 Å². The van der Waals surface area contributed by atoms with Gasteiger partial charge in [-0.25, -0.2) is 0 Å². The van der Waals surface area contributed by atoms with E-state index in [1.54, 1.807) is 0 Å². The van der Waals surface area contributed by atoms with Crippen molar-refractivity contribution in [3.05, 3.63) is 11.3 Å². The van der Waals surface area contributed by atoms with Gasteiger partial charge in [-0.05, 0) is 6.07 Å². The topological polar surface area (TPSA) is 166 Å². The van der Waals surface area contributed by atoms with Gasteiger partial charge in [0.2, 0.25) is 0 Å². The molecule has 0 aliphatic heterocycles. The third-order valence-electron chi connectivity index (χ3n) is 1.69. The highest BCUT2D eigenvalue weighted by molar-refractivity contribution is 5.90. The Morgan fingerprint density at radius 2 is 1.79 bits per heavy atom. The third-order valence-corrected chi connectivity index (χ3v) is 1.69. The van der Waals surface area contributed by atoms with E-state index in [4.69, 9.17) is 28.9 Å². The maximum Gasteiger partial charge on any atom is 0.195 e. The first-order valence-corrected chi connectivity index (χ1v) is 3.55. The number of benzene rings is 1. The fraction of sp³-hybridized carbons (Fsp3) is 0. The summed E-state index contributed by atoms with van der Waals surface area (Å²) in [5.74, 6) is 9.79. The van der Waals surface area contributed by atoms with E-state index in [0.717, 1.165) is 0 Å². The summed E-state index contributed by atoms with van der Waals surface area (Å²) < 4.78 is 0. The lowest BCUT2D eigenvalue weighted by Gasteiger charge is -2.28. The van der Waals surface area contributed by atoms with Gasteiger partial charge in [-0.3, -0.25) is 5.84 Å². The fourth-order valence-electron chi connectivity index (χ4n) is 1.05. The summed E-state index contributed by atoms with van der Waals surface area (Å²) in [4.78, 5) is 4.39. The summed E-state index contributed by atoms with van der Waals surface area (Å²) in [6.07, 6.45) is 0. The van der Waals surface area contributed by atoms with Crippen LogP contribution in [0.15, 0.2) is 6.07 Å². The normalized spacial score (nSPS) is 9.93. The van der Waals surface area contributed by atoms with Crippen LogP contribution in [-0.4, -0.2) is 0 Å². The van der Waals surface area contributed by atoms with E-state index < -0.39 is 0 Å². The van der Waals surface area contributed by atoms with E-state index in [2.05, 4.69) is 4.84 Å². The van der Waals surface area contributed by atoms with Gasteiger partial charge in [0.25, 0.3) is 0 Å². The van der Waals surface area contributed by atoms with Gasteiger partial charge in [-0.1, -0.05) is 0 Å². The molecule has 0 bridgehead atoms. The van der Waals surface area contributed by atoms with Gasteiger partial charge in [0.05, 0.1) is 17.1 Å². The molecular weight excluding hydrogens is 188 g/mol. The van der Waals surface area contributed by atoms with Crippen molar-refractivity contribution in [1.82, 2.24) is 0 Å². The Labute approximate surface area is 79.7 Å². The Morgan fingerprint density at radius 1 is 1.21 bits per heavy atom. The van der Waals surface area contributed by atoms with Crippen molar-refractivity contribution in [1.29, 1.82) is 0 Å². The highest BCUT2D eigenvalue weighted by atomic mass is 16.6. The van der Waals surface area contributed by atoms with Gasteiger partial charge >= 0.3 is 0 Å². The number of nitrogens with zero attached hydrogens (tertiary/aromatic N) is 1. The first-order valence-electron chi connectivity index (χ1n) is 3.55. The molecule has 1 rings (SSSR count). The molecule has 8 nitrogen and oxygen atoms in total. The first-order chi connectivity index (χ1) is 6.49. The zero-order chi connectivity index (χ0) is 10.9. The van der Waals surface area contributed by atoms with Crippen LogP contribution >= 0.6 is 0 Å². The number of hydrogen-bond donors (Lipinski definition) is 5. The Kier molecular flexibility index (Phi) is 2.51. The van der Waals surface area contributed by atoms with Crippen LogP contribution in [-0.2, 0) is 0 Å². The molecule has 0 aliphatic carbocycles. The molecule has 0 radical (unpaired) electrons. The minimum Gasteiger partial charge on any atom is -0.743 e. The SMILES string of the molecule is NOc1c(N)cc(N)c(N)c1N(N)[O-]. The summed E-state index contributed by atoms with van der Waals surface area (Å²) >= 11 is 0. The van der Waals surface area contributed by atoms with Crippen LogP contribution in [0.5, 0.6) is 5.75 Å². The molecule has 0 saturated carbocycles. The largest absolute Gasteiger partial charge is 0.743 e. The van der Waals surface area contributed by atoms with Crippen LogP contribution < -0.4 is 39.0 Å². The second kappa shape index (κ2) is 3.46. The molecule has 1 aromatic carbocycles. The van der Waals surface area contributed by atoms with Crippen molar-refractivity contribution in [2.24, 2.45) is 11.7 Å². The number of rotatable bonds is 2. The van der Waals surface area contributed by atoms with Gasteiger partial charge in [0.15, 0.2) is 5.75 Å². The average molecular weight is 199 g/mol. The maximum atomic E-state index is 10.9. The van der Waals surface area contributed by atoms with Gasteiger partial charge in [0, 0.05) is 0 Å². The first kappa shape index (κ1) is 10.2. The quantitative estimate of drug-likeness (QED) is 0.226. The zero-order valence-electron chi connectivity index (χ0n) is 7.23. The lowest BCUT2D eigenvalue weighted by atomic mass is 10.2. The molecule has 1 aromatic rings. The maximum absolute atomic E-state index is 10.9. The number of nitrogens with two attached hydrogens (primary N) is 5. The summed E-state index contributed by atoms with van der Waals surface area (Å²) in [6.45, 7) is 0. The molecule has 10 N–H and O–H groups in total.